The summed E-state index contributed by atoms with van der Waals surface area (Å²) in [5.41, 5.74) is 1.96. The Hall–Kier alpha value is -2.63. The molecule has 0 radical (unpaired) electrons. The van der Waals surface area contributed by atoms with Crippen LogP contribution in [0.15, 0.2) is 42.7 Å². The molecule has 0 unspecified atom stereocenters. The van der Waals surface area contributed by atoms with Crippen LogP contribution in [-0.2, 0) is 11.3 Å². The lowest BCUT2D eigenvalue weighted by molar-refractivity contribution is -0.133. The van der Waals surface area contributed by atoms with E-state index in [2.05, 4.69) is 10.1 Å². The first-order valence-electron chi connectivity index (χ1n) is 8.41. The summed E-state index contributed by atoms with van der Waals surface area (Å²) in [7, 11) is 0. The molecule has 0 bridgehead atoms. The fourth-order valence-corrected chi connectivity index (χ4v) is 3.52. The Bertz CT molecular complexity index is 852. The molecule has 6 nitrogen and oxygen atoms in total. The number of carbonyl (C=O) groups excluding carboxylic acids is 1. The summed E-state index contributed by atoms with van der Waals surface area (Å²) >= 11 is 0. The van der Waals surface area contributed by atoms with Gasteiger partial charge in [0, 0.05) is 25.5 Å². The Morgan fingerprint density at radius 1 is 1.29 bits per heavy atom. The van der Waals surface area contributed by atoms with Gasteiger partial charge in [0.2, 0.25) is 5.91 Å². The van der Waals surface area contributed by atoms with E-state index in [0.29, 0.717) is 6.54 Å². The Morgan fingerprint density at radius 2 is 2.17 bits per heavy atom. The minimum atomic E-state index is 0.151. The molecule has 1 atom stereocenters. The lowest BCUT2D eigenvalue weighted by Crippen LogP contribution is -2.42. The highest BCUT2D eigenvalue weighted by Gasteiger charge is 2.25. The molecule has 1 amide bonds. The summed E-state index contributed by atoms with van der Waals surface area (Å²) in [6.07, 6.45) is 5.85. The van der Waals surface area contributed by atoms with Crippen LogP contribution in [0.1, 0.15) is 24.7 Å². The van der Waals surface area contributed by atoms with Gasteiger partial charge in [0.1, 0.15) is 12.4 Å². The largest absolute Gasteiger partial charge is 0.339 e. The minimum absolute atomic E-state index is 0.151. The third-order valence-electron chi connectivity index (χ3n) is 4.79. The average molecular weight is 323 g/mol. The highest BCUT2D eigenvalue weighted by atomic mass is 16.2. The molecular weight excluding hydrogens is 302 g/mol. The second-order valence-electron chi connectivity index (χ2n) is 6.36. The predicted molar refractivity (Wildman–Crippen MR) is 91.5 cm³/mol. The van der Waals surface area contributed by atoms with Crippen LogP contribution in [0.5, 0.6) is 0 Å². The molecule has 1 saturated heterocycles. The summed E-state index contributed by atoms with van der Waals surface area (Å²) < 4.78 is 3.98. The molecule has 1 aromatic carbocycles. The van der Waals surface area contributed by atoms with Gasteiger partial charge in [-0.2, -0.15) is 5.10 Å². The molecule has 2 aromatic heterocycles. The van der Waals surface area contributed by atoms with Crippen molar-refractivity contribution >= 4 is 16.9 Å². The van der Waals surface area contributed by atoms with E-state index in [-0.39, 0.29) is 11.9 Å². The number of amides is 1. The number of carbonyl (C=O) groups is 1. The molecule has 3 heterocycles. The van der Waals surface area contributed by atoms with E-state index in [1.165, 1.54) is 0 Å². The summed E-state index contributed by atoms with van der Waals surface area (Å²) in [5, 5.41) is 4.33. The summed E-state index contributed by atoms with van der Waals surface area (Å²) in [6.45, 7) is 3.85. The van der Waals surface area contributed by atoms with Crippen molar-refractivity contribution in [3.05, 3.63) is 48.5 Å². The van der Waals surface area contributed by atoms with Crippen molar-refractivity contribution in [2.45, 2.75) is 32.4 Å². The van der Waals surface area contributed by atoms with Crippen molar-refractivity contribution in [2.24, 2.45) is 0 Å². The van der Waals surface area contributed by atoms with Crippen LogP contribution in [-0.4, -0.2) is 43.2 Å². The molecule has 24 heavy (non-hydrogen) atoms. The Labute approximate surface area is 140 Å². The number of aromatic nitrogens is 4. The van der Waals surface area contributed by atoms with Gasteiger partial charge in [-0.25, -0.2) is 4.98 Å². The molecular formula is C18H21N5O. The van der Waals surface area contributed by atoms with Crippen molar-refractivity contribution in [2.75, 3.05) is 13.1 Å². The first-order valence-corrected chi connectivity index (χ1v) is 8.41. The van der Waals surface area contributed by atoms with E-state index in [0.717, 1.165) is 42.8 Å². The zero-order valence-corrected chi connectivity index (χ0v) is 13.8. The summed E-state index contributed by atoms with van der Waals surface area (Å²) in [6, 6.07) is 10.2. The summed E-state index contributed by atoms with van der Waals surface area (Å²) in [5.74, 6) is 1.03. The van der Waals surface area contributed by atoms with Crippen LogP contribution in [0, 0.1) is 6.92 Å². The smallest absolute Gasteiger partial charge is 0.242 e. The second kappa shape index (κ2) is 6.11. The van der Waals surface area contributed by atoms with Crippen molar-refractivity contribution in [3.63, 3.8) is 0 Å². The third kappa shape index (κ3) is 2.68. The fourth-order valence-electron chi connectivity index (χ4n) is 3.52. The fraction of sp³-hybridized carbons (Fsp3) is 0.389. The topological polar surface area (TPSA) is 56.0 Å². The van der Waals surface area contributed by atoms with Crippen LogP contribution in [0.3, 0.4) is 0 Å². The monoisotopic (exact) mass is 323 g/mol. The highest BCUT2D eigenvalue weighted by Crippen LogP contribution is 2.22. The van der Waals surface area contributed by atoms with Crippen molar-refractivity contribution < 1.29 is 4.79 Å². The van der Waals surface area contributed by atoms with Gasteiger partial charge >= 0.3 is 0 Å². The molecule has 124 valence electrons. The van der Waals surface area contributed by atoms with Crippen molar-refractivity contribution in [3.8, 4) is 0 Å². The normalized spacial score (nSPS) is 18.2. The Balaban J connectivity index is 1.52. The van der Waals surface area contributed by atoms with Crippen LogP contribution in [0.4, 0.5) is 0 Å². The van der Waals surface area contributed by atoms with E-state index >= 15 is 0 Å². The number of rotatable bonds is 3. The Morgan fingerprint density at radius 3 is 3.00 bits per heavy atom. The number of piperidine rings is 1. The molecule has 4 rings (SSSR count). The maximum absolute atomic E-state index is 12.8. The maximum atomic E-state index is 12.8. The van der Waals surface area contributed by atoms with E-state index in [1.54, 1.807) is 6.20 Å². The number of nitrogens with zero attached hydrogens (tertiary/aromatic N) is 5. The van der Waals surface area contributed by atoms with Crippen LogP contribution in [0.25, 0.3) is 11.0 Å². The lowest BCUT2D eigenvalue weighted by Gasteiger charge is -2.33. The van der Waals surface area contributed by atoms with Crippen LogP contribution < -0.4 is 0 Å². The van der Waals surface area contributed by atoms with E-state index in [4.69, 9.17) is 0 Å². The standard InChI is InChI=1S/C18H21N5O/c1-14-20-16-7-2-3-8-17(16)22(14)13-18(24)21-10-4-6-15(12-21)23-11-5-9-19-23/h2-3,5,7-9,11,15H,4,6,10,12-13H2,1H3/t15-/m1/s1. The minimum Gasteiger partial charge on any atom is -0.339 e. The number of benzene rings is 1. The number of imidazole rings is 1. The molecule has 0 saturated carbocycles. The molecule has 0 N–H and O–H groups in total. The van der Waals surface area contributed by atoms with Crippen LogP contribution in [0.2, 0.25) is 0 Å². The number of aryl methyl sites for hydroxylation is 1. The van der Waals surface area contributed by atoms with Crippen molar-refractivity contribution in [1.82, 2.24) is 24.2 Å². The molecule has 0 spiro atoms. The van der Waals surface area contributed by atoms with E-state index in [1.807, 2.05) is 57.6 Å². The number of fused-ring (bicyclic) bond motifs is 1. The van der Waals surface area contributed by atoms with E-state index < -0.39 is 0 Å². The number of hydrogen-bond donors (Lipinski definition) is 0. The van der Waals surface area contributed by atoms with Gasteiger partial charge in [-0.05, 0) is 38.0 Å². The SMILES string of the molecule is Cc1nc2ccccc2n1CC(=O)N1CCC[C@@H](n2cccn2)C1. The summed E-state index contributed by atoms with van der Waals surface area (Å²) in [4.78, 5) is 19.3. The maximum Gasteiger partial charge on any atom is 0.242 e. The highest BCUT2D eigenvalue weighted by molar-refractivity contribution is 5.81. The second-order valence-corrected chi connectivity index (χ2v) is 6.36. The van der Waals surface area contributed by atoms with Crippen LogP contribution >= 0.6 is 0 Å². The quantitative estimate of drug-likeness (QED) is 0.744. The molecule has 1 aliphatic heterocycles. The van der Waals surface area contributed by atoms with Gasteiger partial charge in [0.25, 0.3) is 0 Å². The average Bonchev–Trinajstić information content (AvgIpc) is 3.24. The number of para-hydroxylation sites is 2. The van der Waals surface area contributed by atoms with Gasteiger partial charge < -0.3 is 9.47 Å². The Kier molecular flexibility index (Phi) is 3.80. The first-order chi connectivity index (χ1) is 11.7. The van der Waals surface area contributed by atoms with Gasteiger partial charge in [-0.15, -0.1) is 0 Å². The van der Waals surface area contributed by atoms with Gasteiger partial charge in [-0.3, -0.25) is 9.48 Å². The molecule has 6 heteroatoms. The number of hydrogen-bond acceptors (Lipinski definition) is 3. The lowest BCUT2D eigenvalue weighted by atomic mass is 10.1. The molecule has 0 aliphatic carbocycles. The molecule has 3 aromatic rings. The number of likely N-dealkylation sites (tertiary alicyclic amines) is 1. The third-order valence-corrected chi connectivity index (χ3v) is 4.79. The zero-order valence-electron chi connectivity index (χ0n) is 13.8. The molecule has 1 aliphatic rings. The van der Waals surface area contributed by atoms with Gasteiger partial charge in [-0.1, -0.05) is 12.1 Å². The predicted octanol–water partition coefficient (Wildman–Crippen LogP) is 2.40. The van der Waals surface area contributed by atoms with Gasteiger partial charge in [0.05, 0.1) is 17.1 Å². The van der Waals surface area contributed by atoms with Crippen molar-refractivity contribution in [1.29, 1.82) is 0 Å². The van der Waals surface area contributed by atoms with Gasteiger partial charge in [0.15, 0.2) is 0 Å². The van der Waals surface area contributed by atoms with E-state index in [9.17, 15) is 4.79 Å². The molecule has 1 fully saturated rings. The zero-order chi connectivity index (χ0) is 16.5. The first kappa shape index (κ1) is 14.9.